The third-order valence-corrected chi connectivity index (χ3v) is 5.55. The van der Waals surface area contributed by atoms with E-state index in [1.54, 1.807) is 12.1 Å². The van der Waals surface area contributed by atoms with E-state index in [2.05, 4.69) is 4.72 Å². The monoisotopic (exact) mass is 343 g/mol. The second kappa shape index (κ2) is 6.79. The van der Waals surface area contributed by atoms with Crippen molar-refractivity contribution in [3.05, 3.63) is 64.1 Å². The zero-order valence-electron chi connectivity index (χ0n) is 11.4. The topological polar surface area (TPSA) is 46.2 Å². The van der Waals surface area contributed by atoms with Crippen molar-refractivity contribution in [3.8, 4) is 0 Å². The lowest BCUT2D eigenvalue weighted by Crippen LogP contribution is -2.28. The van der Waals surface area contributed by atoms with E-state index in [9.17, 15) is 8.42 Å². The Morgan fingerprint density at radius 2 is 1.71 bits per heavy atom. The fourth-order valence-electron chi connectivity index (χ4n) is 1.90. The molecule has 0 saturated carbocycles. The van der Waals surface area contributed by atoms with Gasteiger partial charge < -0.3 is 0 Å². The van der Waals surface area contributed by atoms with Gasteiger partial charge in [-0.3, -0.25) is 0 Å². The molecule has 0 aromatic heterocycles. The van der Waals surface area contributed by atoms with Gasteiger partial charge in [0.15, 0.2) is 0 Å². The van der Waals surface area contributed by atoms with Crippen LogP contribution in [0.3, 0.4) is 0 Å². The normalized spacial score (nSPS) is 13.1. The average Bonchev–Trinajstić information content (AvgIpc) is 2.48. The van der Waals surface area contributed by atoms with Crippen LogP contribution in [0.4, 0.5) is 0 Å². The smallest absolute Gasteiger partial charge is 0.211 e. The minimum absolute atomic E-state index is 0.00284. The summed E-state index contributed by atoms with van der Waals surface area (Å²) < 4.78 is 27.1. The first kappa shape index (κ1) is 16.3. The minimum Gasteiger partial charge on any atom is -0.211 e. The SMILES string of the molecule is C[C@H](CNS(=O)(=O)c1cccc(Cl)c1Cl)c1ccccc1. The van der Waals surface area contributed by atoms with Crippen molar-refractivity contribution in [3.63, 3.8) is 0 Å². The third kappa shape index (κ3) is 3.98. The molecule has 2 rings (SSSR count). The summed E-state index contributed by atoms with van der Waals surface area (Å²) in [5, 5.41) is 0.259. The van der Waals surface area contributed by atoms with E-state index < -0.39 is 10.0 Å². The molecule has 0 fully saturated rings. The van der Waals surface area contributed by atoms with E-state index in [1.165, 1.54) is 6.07 Å². The Morgan fingerprint density at radius 3 is 2.38 bits per heavy atom. The Balaban J connectivity index is 2.14. The number of nitrogens with one attached hydrogen (secondary N) is 1. The van der Waals surface area contributed by atoms with Crippen molar-refractivity contribution in [1.29, 1.82) is 0 Å². The second-order valence-electron chi connectivity index (χ2n) is 4.72. The first-order valence-corrected chi connectivity index (χ1v) is 8.64. The number of halogens is 2. The number of sulfonamides is 1. The van der Waals surface area contributed by atoms with Gasteiger partial charge in [0.05, 0.1) is 10.0 Å². The van der Waals surface area contributed by atoms with Gasteiger partial charge in [-0.15, -0.1) is 0 Å². The van der Waals surface area contributed by atoms with Gasteiger partial charge in [0.2, 0.25) is 10.0 Å². The van der Waals surface area contributed by atoms with Crippen LogP contribution in [0.1, 0.15) is 18.4 Å². The minimum atomic E-state index is -3.68. The lowest BCUT2D eigenvalue weighted by Gasteiger charge is -2.14. The summed E-state index contributed by atoms with van der Waals surface area (Å²) in [5.41, 5.74) is 1.07. The van der Waals surface area contributed by atoms with Crippen LogP contribution in [-0.4, -0.2) is 15.0 Å². The molecule has 2 aromatic rings. The summed E-state index contributed by atoms with van der Waals surface area (Å²) in [4.78, 5) is -0.00284. The van der Waals surface area contributed by atoms with E-state index in [0.717, 1.165) is 5.56 Å². The Bertz CT molecular complexity index is 718. The highest BCUT2D eigenvalue weighted by Crippen LogP contribution is 2.28. The molecule has 0 aliphatic carbocycles. The molecule has 3 nitrogen and oxygen atoms in total. The molecule has 2 aromatic carbocycles. The van der Waals surface area contributed by atoms with Crippen molar-refractivity contribution in [2.24, 2.45) is 0 Å². The van der Waals surface area contributed by atoms with Gasteiger partial charge in [0.25, 0.3) is 0 Å². The molecule has 0 aliphatic heterocycles. The first-order chi connectivity index (χ1) is 9.92. The number of rotatable bonds is 5. The molecule has 112 valence electrons. The number of hydrogen-bond acceptors (Lipinski definition) is 2. The highest BCUT2D eigenvalue weighted by atomic mass is 35.5. The van der Waals surface area contributed by atoms with Crippen molar-refractivity contribution >= 4 is 33.2 Å². The summed E-state index contributed by atoms with van der Waals surface area (Å²) in [6.07, 6.45) is 0. The van der Waals surface area contributed by atoms with Crippen LogP contribution < -0.4 is 4.72 Å². The highest BCUT2D eigenvalue weighted by Gasteiger charge is 2.20. The summed E-state index contributed by atoms with van der Waals surface area (Å²) in [6, 6.07) is 14.2. The molecular formula is C15H15Cl2NO2S. The highest BCUT2D eigenvalue weighted by molar-refractivity contribution is 7.89. The quantitative estimate of drug-likeness (QED) is 0.889. The second-order valence-corrected chi connectivity index (χ2v) is 7.24. The Morgan fingerprint density at radius 1 is 1.05 bits per heavy atom. The predicted molar refractivity (Wildman–Crippen MR) is 86.5 cm³/mol. The van der Waals surface area contributed by atoms with Crippen LogP contribution in [0, 0.1) is 0 Å². The maximum atomic E-state index is 12.3. The third-order valence-electron chi connectivity index (χ3n) is 3.15. The van der Waals surface area contributed by atoms with Crippen LogP contribution in [0.15, 0.2) is 53.4 Å². The van der Waals surface area contributed by atoms with Crippen LogP contribution in [0.2, 0.25) is 10.0 Å². The number of hydrogen-bond donors (Lipinski definition) is 1. The Kier molecular flexibility index (Phi) is 5.27. The molecule has 1 atom stereocenters. The van der Waals surface area contributed by atoms with Gasteiger partial charge in [-0.2, -0.15) is 0 Å². The van der Waals surface area contributed by atoms with Gasteiger partial charge in [-0.05, 0) is 23.6 Å². The maximum absolute atomic E-state index is 12.3. The lowest BCUT2D eigenvalue weighted by atomic mass is 10.0. The summed E-state index contributed by atoms with van der Waals surface area (Å²) in [7, 11) is -3.68. The van der Waals surface area contributed by atoms with Gasteiger partial charge >= 0.3 is 0 Å². The molecule has 1 N–H and O–H groups in total. The molecular weight excluding hydrogens is 329 g/mol. The van der Waals surface area contributed by atoms with E-state index in [1.807, 2.05) is 37.3 Å². The molecule has 0 bridgehead atoms. The molecule has 0 unspecified atom stereocenters. The lowest BCUT2D eigenvalue weighted by molar-refractivity contribution is 0.575. The predicted octanol–water partition coefficient (Wildman–Crippen LogP) is 4.08. The summed E-state index contributed by atoms with van der Waals surface area (Å²) in [5.74, 6) is 0.0546. The molecule has 0 aliphatic rings. The summed E-state index contributed by atoms with van der Waals surface area (Å²) >= 11 is 11.8. The first-order valence-electron chi connectivity index (χ1n) is 6.40. The van der Waals surface area contributed by atoms with Crippen LogP contribution in [-0.2, 0) is 10.0 Å². The number of benzene rings is 2. The van der Waals surface area contributed by atoms with E-state index >= 15 is 0 Å². The molecule has 21 heavy (non-hydrogen) atoms. The fourth-order valence-corrected chi connectivity index (χ4v) is 3.79. The molecule has 0 heterocycles. The maximum Gasteiger partial charge on any atom is 0.242 e. The van der Waals surface area contributed by atoms with Crippen LogP contribution in [0.25, 0.3) is 0 Å². The van der Waals surface area contributed by atoms with Gasteiger partial charge in [0, 0.05) is 6.54 Å². The van der Waals surface area contributed by atoms with Gasteiger partial charge in [0.1, 0.15) is 4.90 Å². The summed E-state index contributed by atoms with van der Waals surface area (Å²) in [6.45, 7) is 2.24. The molecule has 0 radical (unpaired) electrons. The Labute approximate surface area is 135 Å². The van der Waals surface area contributed by atoms with Crippen molar-refractivity contribution < 1.29 is 8.42 Å². The van der Waals surface area contributed by atoms with Crippen LogP contribution in [0.5, 0.6) is 0 Å². The average molecular weight is 344 g/mol. The standard InChI is InChI=1S/C15H15Cl2NO2S/c1-11(12-6-3-2-4-7-12)10-18-21(19,20)14-9-5-8-13(16)15(14)17/h2-9,11,18H,10H2,1H3/t11-/m1/s1. The molecule has 0 spiro atoms. The van der Waals surface area contributed by atoms with Crippen LogP contribution >= 0.6 is 23.2 Å². The van der Waals surface area contributed by atoms with Crippen molar-refractivity contribution in [2.45, 2.75) is 17.7 Å². The van der Waals surface area contributed by atoms with Crippen molar-refractivity contribution in [2.75, 3.05) is 6.54 Å². The Hall–Kier alpha value is -1.07. The van der Waals surface area contributed by atoms with Gasteiger partial charge in [-0.1, -0.05) is 66.5 Å². The largest absolute Gasteiger partial charge is 0.242 e. The van der Waals surface area contributed by atoms with E-state index in [0.29, 0.717) is 0 Å². The molecule has 0 saturated heterocycles. The molecule has 6 heteroatoms. The zero-order valence-corrected chi connectivity index (χ0v) is 13.7. The van der Waals surface area contributed by atoms with E-state index in [-0.39, 0.29) is 27.4 Å². The zero-order chi connectivity index (χ0) is 15.5. The fraction of sp³-hybridized carbons (Fsp3) is 0.200. The van der Waals surface area contributed by atoms with Gasteiger partial charge in [-0.25, -0.2) is 13.1 Å². The van der Waals surface area contributed by atoms with Crippen molar-refractivity contribution in [1.82, 2.24) is 4.72 Å². The molecule has 0 amide bonds. The van der Waals surface area contributed by atoms with E-state index in [4.69, 9.17) is 23.2 Å².